The number of benzene rings is 1. The molecule has 0 saturated carbocycles. The van der Waals surface area contributed by atoms with Crippen LogP contribution >= 0.6 is 11.3 Å². The van der Waals surface area contributed by atoms with Crippen molar-refractivity contribution in [1.82, 2.24) is 24.6 Å². The Morgan fingerprint density at radius 2 is 1.79 bits per heavy atom. The van der Waals surface area contributed by atoms with Crippen LogP contribution in [0.25, 0.3) is 11.4 Å². The second kappa shape index (κ2) is 11.1. The maximum Gasteiger partial charge on any atom is 0.490 e. The number of carbonyl (C=O) groups excluding carboxylic acids is 1. The zero-order chi connectivity index (χ0) is 27.5. The summed E-state index contributed by atoms with van der Waals surface area (Å²) in [6, 6.07) is 10.6. The first kappa shape index (κ1) is 27.5. The number of rotatable bonds is 3. The maximum atomic E-state index is 13.5. The van der Waals surface area contributed by atoms with Gasteiger partial charge in [-0.1, -0.05) is 6.07 Å². The van der Waals surface area contributed by atoms with Crippen LogP contribution in [0.4, 0.5) is 22.4 Å². The van der Waals surface area contributed by atoms with Gasteiger partial charge < -0.3 is 14.4 Å². The lowest BCUT2D eigenvalue weighted by molar-refractivity contribution is -0.192. The summed E-state index contributed by atoms with van der Waals surface area (Å²) < 4.78 is 52.4. The maximum absolute atomic E-state index is 13.5. The van der Waals surface area contributed by atoms with E-state index in [1.165, 1.54) is 24.1 Å². The molecular weight excluding hydrogens is 530 g/mol. The average molecular weight is 556 g/mol. The first-order valence-corrected chi connectivity index (χ1v) is 12.5. The summed E-state index contributed by atoms with van der Waals surface area (Å²) in [7, 11) is 1.40. The summed E-state index contributed by atoms with van der Waals surface area (Å²) in [5.74, 6) is -1.57. The molecule has 1 aromatic carbocycles. The van der Waals surface area contributed by atoms with E-state index in [4.69, 9.17) is 14.6 Å². The van der Waals surface area contributed by atoms with Crippen molar-refractivity contribution in [1.29, 1.82) is 0 Å². The Morgan fingerprint density at radius 3 is 2.34 bits per heavy atom. The van der Waals surface area contributed by atoms with Crippen molar-refractivity contribution >= 4 is 23.4 Å². The highest BCUT2D eigenvalue weighted by Gasteiger charge is 2.46. The number of nitrogens with zero attached hydrogens (tertiary/aromatic N) is 5. The van der Waals surface area contributed by atoms with Crippen LogP contribution < -0.4 is 0 Å². The smallest absolute Gasteiger partial charge is 0.475 e. The minimum atomic E-state index is -5.08. The molecule has 1 saturated heterocycles. The molecule has 9 nitrogen and oxygen atoms in total. The SMILES string of the molecule is COC(=O)N1Cc2nnc(-c3ccc(F)cc3)n2C2(CCN(Cc3cccs3)CC2)C1.O=C(O)C(F)(F)F. The fraction of sp³-hybridized carbons (Fsp3) is 0.417. The van der Waals surface area contributed by atoms with E-state index in [9.17, 15) is 22.4 Å². The van der Waals surface area contributed by atoms with Gasteiger partial charge >= 0.3 is 18.2 Å². The molecule has 2 aromatic heterocycles. The molecule has 2 aliphatic heterocycles. The first-order chi connectivity index (χ1) is 18.0. The zero-order valence-corrected chi connectivity index (χ0v) is 21.1. The topological polar surface area (TPSA) is 101 Å². The minimum absolute atomic E-state index is 0.282. The number of halogens is 4. The monoisotopic (exact) mass is 555 g/mol. The number of piperidine rings is 1. The third kappa shape index (κ3) is 5.96. The van der Waals surface area contributed by atoms with Crippen molar-refractivity contribution in [2.45, 2.75) is 37.6 Å². The Balaban J connectivity index is 0.000000426. The Labute approximate surface area is 219 Å². The highest BCUT2D eigenvalue weighted by atomic mass is 32.1. The zero-order valence-electron chi connectivity index (χ0n) is 20.3. The van der Waals surface area contributed by atoms with Crippen LogP contribution in [0.5, 0.6) is 0 Å². The van der Waals surface area contributed by atoms with Crippen molar-refractivity contribution in [2.75, 3.05) is 26.7 Å². The Bertz CT molecular complexity index is 1260. The van der Waals surface area contributed by atoms with Crippen LogP contribution in [0.3, 0.4) is 0 Å². The van der Waals surface area contributed by atoms with Gasteiger partial charge in [-0.05, 0) is 48.6 Å². The summed E-state index contributed by atoms with van der Waals surface area (Å²) in [6.07, 6.45) is -3.70. The first-order valence-electron chi connectivity index (χ1n) is 11.6. The van der Waals surface area contributed by atoms with E-state index in [0.717, 1.165) is 49.7 Å². The van der Waals surface area contributed by atoms with E-state index in [-0.39, 0.29) is 17.4 Å². The van der Waals surface area contributed by atoms with Gasteiger partial charge in [0.1, 0.15) is 5.82 Å². The number of aliphatic carboxylic acids is 1. The molecule has 1 amide bonds. The second-order valence-electron chi connectivity index (χ2n) is 8.99. The molecule has 38 heavy (non-hydrogen) atoms. The number of fused-ring (bicyclic) bond motifs is 2. The number of aromatic nitrogens is 3. The molecule has 2 aliphatic rings. The van der Waals surface area contributed by atoms with E-state index in [2.05, 4.69) is 37.2 Å². The predicted molar refractivity (Wildman–Crippen MR) is 129 cm³/mol. The van der Waals surface area contributed by atoms with Crippen LogP contribution in [-0.4, -0.2) is 74.7 Å². The van der Waals surface area contributed by atoms with Gasteiger partial charge in [0, 0.05) is 36.6 Å². The highest BCUT2D eigenvalue weighted by Crippen LogP contribution is 2.40. The Hall–Kier alpha value is -3.52. The van der Waals surface area contributed by atoms with Gasteiger partial charge in [0.2, 0.25) is 0 Å². The largest absolute Gasteiger partial charge is 0.490 e. The standard InChI is InChI=1S/C22H24FN5O2S.C2HF3O2/c1-30-21(29)27-14-19-24-25-20(16-4-6-17(23)7-5-16)28(19)22(15-27)8-10-26(11-9-22)13-18-3-2-12-31-18;3-2(4,5)1(6)7/h2-7,12H,8-11,13-15H2,1H3;(H,6,7). The summed E-state index contributed by atoms with van der Waals surface area (Å²) in [4.78, 5) is 26.8. The molecule has 3 aromatic rings. The van der Waals surface area contributed by atoms with E-state index >= 15 is 0 Å². The molecule has 0 aliphatic carbocycles. The summed E-state index contributed by atoms with van der Waals surface area (Å²) in [6.45, 7) is 3.66. The number of likely N-dealkylation sites (tertiary alicyclic amines) is 1. The molecule has 5 rings (SSSR count). The molecule has 1 spiro atoms. The minimum Gasteiger partial charge on any atom is -0.475 e. The van der Waals surface area contributed by atoms with Crippen molar-refractivity contribution in [3.8, 4) is 11.4 Å². The van der Waals surface area contributed by atoms with Gasteiger partial charge in [-0.25, -0.2) is 14.0 Å². The van der Waals surface area contributed by atoms with Crippen LogP contribution in [-0.2, 0) is 28.2 Å². The Kier molecular flexibility index (Phi) is 8.02. The molecule has 4 heterocycles. The number of methoxy groups -OCH3 is 1. The molecule has 0 radical (unpaired) electrons. The van der Waals surface area contributed by atoms with Crippen LogP contribution in [0, 0.1) is 5.82 Å². The average Bonchev–Trinajstić information content (AvgIpc) is 3.56. The molecule has 1 fully saturated rings. The van der Waals surface area contributed by atoms with Crippen LogP contribution in [0.2, 0.25) is 0 Å². The van der Waals surface area contributed by atoms with Gasteiger partial charge in [-0.15, -0.1) is 21.5 Å². The number of alkyl halides is 3. The van der Waals surface area contributed by atoms with E-state index < -0.39 is 12.1 Å². The Morgan fingerprint density at radius 1 is 1.13 bits per heavy atom. The number of hydrogen-bond acceptors (Lipinski definition) is 7. The third-order valence-corrected chi connectivity index (χ3v) is 7.41. The van der Waals surface area contributed by atoms with Crippen molar-refractivity contribution in [3.63, 3.8) is 0 Å². The molecule has 0 bridgehead atoms. The number of amides is 1. The van der Waals surface area contributed by atoms with E-state index in [0.29, 0.717) is 13.1 Å². The van der Waals surface area contributed by atoms with Crippen molar-refractivity contribution in [3.05, 3.63) is 58.3 Å². The number of carboxylic acids is 1. The molecule has 0 unspecified atom stereocenters. The van der Waals surface area contributed by atoms with Crippen molar-refractivity contribution in [2.24, 2.45) is 0 Å². The number of hydrogen-bond donors (Lipinski definition) is 1. The lowest BCUT2D eigenvalue weighted by Gasteiger charge is -2.48. The quantitative estimate of drug-likeness (QED) is 0.480. The van der Waals surface area contributed by atoms with E-state index in [1.807, 2.05) is 0 Å². The number of carbonyl (C=O) groups is 2. The lowest BCUT2D eigenvalue weighted by Crippen LogP contribution is -2.56. The lowest BCUT2D eigenvalue weighted by atomic mass is 9.84. The third-order valence-electron chi connectivity index (χ3n) is 6.55. The highest BCUT2D eigenvalue weighted by molar-refractivity contribution is 7.09. The molecule has 0 atom stereocenters. The second-order valence-corrected chi connectivity index (χ2v) is 10.0. The summed E-state index contributed by atoms with van der Waals surface area (Å²) in [5.41, 5.74) is 0.507. The summed E-state index contributed by atoms with van der Waals surface area (Å²) >= 11 is 1.77. The molecule has 204 valence electrons. The number of ether oxygens (including phenoxy) is 1. The van der Waals surface area contributed by atoms with Gasteiger partial charge in [0.25, 0.3) is 0 Å². The van der Waals surface area contributed by atoms with Crippen LogP contribution in [0.15, 0.2) is 41.8 Å². The normalized spacial score (nSPS) is 16.9. The number of carboxylic acid groups (broad SMARTS) is 1. The van der Waals surface area contributed by atoms with Gasteiger partial charge in [0.15, 0.2) is 11.6 Å². The van der Waals surface area contributed by atoms with Crippen LogP contribution in [0.1, 0.15) is 23.5 Å². The fourth-order valence-electron chi connectivity index (χ4n) is 4.75. The molecule has 14 heteroatoms. The van der Waals surface area contributed by atoms with Gasteiger partial charge in [0.05, 0.1) is 19.2 Å². The fourth-order valence-corrected chi connectivity index (χ4v) is 5.49. The molecule has 1 N–H and O–H groups in total. The molecular formula is C24H25F4N5O4S. The van der Waals surface area contributed by atoms with Gasteiger partial charge in [-0.3, -0.25) is 9.80 Å². The van der Waals surface area contributed by atoms with Gasteiger partial charge in [-0.2, -0.15) is 13.2 Å². The predicted octanol–water partition coefficient (Wildman–Crippen LogP) is 4.35. The summed E-state index contributed by atoms with van der Waals surface area (Å²) in [5, 5.41) is 18.1. The van der Waals surface area contributed by atoms with Crippen molar-refractivity contribution < 1.29 is 37.0 Å². The van der Waals surface area contributed by atoms with E-state index in [1.54, 1.807) is 28.4 Å². The number of thiophene rings is 1.